The highest BCUT2D eigenvalue weighted by molar-refractivity contribution is 6.14. The van der Waals surface area contributed by atoms with Crippen LogP contribution in [0, 0.1) is 0 Å². The fourth-order valence-corrected chi connectivity index (χ4v) is 10.9. The van der Waals surface area contributed by atoms with Crippen LogP contribution in [0.3, 0.4) is 0 Å². The zero-order valence-electron chi connectivity index (χ0n) is 35.0. The van der Waals surface area contributed by atoms with Crippen LogP contribution in [0.1, 0.15) is 49.9 Å². The van der Waals surface area contributed by atoms with Gasteiger partial charge < -0.3 is 4.57 Å². The second-order valence-electron chi connectivity index (χ2n) is 18.1. The summed E-state index contributed by atoms with van der Waals surface area (Å²) in [6.07, 6.45) is 0. The van der Waals surface area contributed by atoms with Crippen LogP contribution in [0.4, 0.5) is 0 Å². The predicted molar refractivity (Wildman–Crippen MR) is 255 cm³/mol. The van der Waals surface area contributed by atoms with Gasteiger partial charge in [-0.05, 0) is 93.0 Å². The Morgan fingerprint density at radius 2 is 0.806 bits per heavy atom. The standard InChI is InChI=1S/C57H41N5/c1-56(2)45-24-14-11-21-37(45)40-30-43-39-23-13-16-26-49(39)61(51(43)32-47(40)56)36-27-28-50-42(29-36)44-31-41-38-22-12-15-25-46(38)57(3,4)48(41)33-52(44)62(50)55-59-53(34-17-7-5-8-18-34)58-54(60-55)35-19-9-6-10-20-35/h5-33H,1-4H3. The second kappa shape index (κ2) is 12.5. The SMILES string of the molecule is CC1(C)c2ccccc2-c2cc3c4ccccc4n(-c4ccc5c(c4)c4cc6c(cc4n5-c4nc(-c5ccccc5)nc(-c5ccccc5)n4)C(C)(C)c4ccccc4-6)c3cc21. The Bertz CT molecular complexity index is 3620. The van der Waals surface area contributed by atoms with E-state index in [1.54, 1.807) is 0 Å². The van der Waals surface area contributed by atoms with Gasteiger partial charge in [-0.25, -0.2) is 4.98 Å². The highest BCUT2D eigenvalue weighted by Gasteiger charge is 2.38. The summed E-state index contributed by atoms with van der Waals surface area (Å²) in [5.74, 6) is 1.86. The number of benzene rings is 8. The minimum absolute atomic E-state index is 0.120. The van der Waals surface area contributed by atoms with Crippen molar-refractivity contribution in [1.82, 2.24) is 24.1 Å². The van der Waals surface area contributed by atoms with Crippen LogP contribution in [0.15, 0.2) is 176 Å². The Labute approximate surface area is 359 Å². The molecule has 8 aromatic carbocycles. The molecule has 0 aliphatic heterocycles. The molecule has 62 heavy (non-hydrogen) atoms. The number of hydrogen-bond donors (Lipinski definition) is 0. The average Bonchev–Trinajstić information content (AvgIpc) is 3.96. The molecule has 0 bridgehead atoms. The van der Waals surface area contributed by atoms with Crippen molar-refractivity contribution >= 4 is 43.6 Å². The quantitative estimate of drug-likeness (QED) is 0.178. The number of para-hydroxylation sites is 1. The van der Waals surface area contributed by atoms with Gasteiger partial charge in [0.15, 0.2) is 11.6 Å². The molecule has 0 amide bonds. The number of rotatable bonds is 4. The van der Waals surface area contributed by atoms with E-state index in [2.05, 4.69) is 176 Å². The van der Waals surface area contributed by atoms with Crippen molar-refractivity contribution in [3.05, 3.63) is 198 Å². The highest BCUT2D eigenvalue weighted by Crippen LogP contribution is 2.53. The smallest absolute Gasteiger partial charge is 0.238 e. The fraction of sp³-hybridized carbons (Fsp3) is 0.105. The molecule has 5 nitrogen and oxygen atoms in total. The minimum atomic E-state index is -0.188. The Balaban J connectivity index is 1.12. The lowest BCUT2D eigenvalue weighted by atomic mass is 9.82. The van der Waals surface area contributed by atoms with E-state index in [4.69, 9.17) is 15.0 Å². The minimum Gasteiger partial charge on any atom is -0.309 e. The lowest BCUT2D eigenvalue weighted by Gasteiger charge is -2.21. The molecular formula is C57H41N5. The largest absolute Gasteiger partial charge is 0.309 e. The summed E-state index contributed by atoms with van der Waals surface area (Å²) >= 11 is 0. The molecule has 3 heterocycles. The fourth-order valence-electron chi connectivity index (χ4n) is 10.9. The van der Waals surface area contributed by atoms with Crippen LogP contribution in [0.5, 0.6) is 0 Å². The summed E-state index contributed by atoms with van der Waals surface area (Å²) in [5.41, 5.74) is 17.8. The molecule has 5 heteroatoms. The van der Waals surface area contributed by atoms with Crippen molar-refractivity contribution in [2.24, 2.45) is 0 Å². The number of nitrogens with zero attached hydrogens (tertiary/aromatic N) is 5. The molecule has 0 atom stereocenters. The summed E-state index contributed by atoms with van der Waals surface area (Å²) in [7, 11) is 0. The molecule has 3 aromatic heterocycles. The van der Waals surface area contributed by atoms with Gasteiger partial charge in [-0.15, -0.1) is 0 Å². The summed E-state index contributed by atoms with van der Waals surface area (Å²) < 4.78 is 4.75. The van der Waals surface area contributed by atoms with Crippen LogP contribution in [-0.2, 0) is 10.8 Å². The first-order valence-corrected chi connectivity index (χ1v) is 21.5. The first-order valence-electron chi connectivity index (χ1n) is 21.5. The topological polar surface area (TPSA) is 48.5 Å². The molecule has 2 aliphatic carbocycles. The zero-order valence-corrected chi connectivity index (χ0v) is 35.0. The van der Waals surface area contributed by atoms with Crippen LogP contribution in [0.2, 0.25) is 0 Å². The van der Waals surface area contributed by atoms with Crippen LogP contribution in [-0.4, -0.2) is 24.1 Å². The normalized spacial score (nSPS) is 14.4. The van der Waals surface area contributed by atoms with E-state index in [0.717, 1.165) is 38.6 Å². The van der Waals surface area contributed by atoms with Gasteiger partial charge in [0.1, 0.15) is 0 Å². The van der Waals surface area contributed by atoms with Crippen LogP contribution < -0.4 is 0 Å². The predicted octanol–water partition coefficient (Wildman–Crippen LogP) is 14.0. The third kappa shape index (κ3) is 4.76. The Morgan fingerprint density at radius 1 is 0.339 bits per heavy atom. The molecule has 0 radical (unpaired) electrons. The van der Waals surface area contributed by atoms with E-state index < -0.39 is 0 Å². The molecule has 0 fully saturated rings. The third-order valence-electron chi connectivity index (χ3n) is 14.0. The number of fused-ring (bicyclic) bond motifs is 12. The summed E-state index contributed by atoms with van der Waals surface area (Å²) in [6, 6.07) is 63.8. The van der Waals surface area contributed by atoms with E-state index >= 15 is 0 Å². The lowest BCUT2D eigenvalue weighted by Crippen LogP contribution is -2.15. The lowest BCUT2D eigenvalue weighted by molar-refractivity contribution is 0.661. The van der Waals surface area contributed by atoms with Crippen molar-refractivity contribution in [1.29, 1.82) is 0 Å². The number of aromatic nitrogens is 5. The van der Waals surface area contributed by atoms with Gasteiger partial charge in [0.2, 0.25) is 5.95 Å². The third-order valence-corrected chi connectivity index (χ3v) is 14.0. The Kier molecular flexibility index (Phi) is 7.07. The second-order valence-corrected chi connectivity index (χ2v) is 18.1. The molecule has 0 saturated heterocycles. The summed E-state index contributed by atoms with van der Waals surface area (Å²) in [4.78, 5) is 15.7. The van der Waals surface area contributed by atoms with E-state index in [9.17, 15) is 0 Å². The maximum absolute atomic E-state index is 5.29. The van der Waals surface area contributed by atoms with E-state index in [1.165, 1.54) is 66.3 Å². The molecule has 0 spiro atoms. The number of hydrogen-bond acceptors (Lipinski definition) is 3. The molecule has 0 saturated carbocycles. The molecule has 0 unspecified atom stereocenters. The van der Waals surface area contributed by atoms with Crippen molar-refractivity contribution in [2.45, 2.75) is 38.5 Å². The summed E-state index contributed by atoms with van der Waals surface area (Å²) in [5, 5.41) is 4.82. The first-order chi connectivity index (χ1) is 30.3. The van der Waals surface area contributed by atoms with Crippen LogP contribution >= 0.6 is 0 Å². The molecule has 294 valence electrons. The zero-order chi connectivity index (χ0) is 41.5. The van der Waals surface area contributed by atoms with E-state index in [-0.39, 0.29) is 10.8 Å². The van der Waals surface area contributed by atoms with Gasteiger partial charge in [-0.2, -0.15) is 9.97 Å². The maximum Gasteiger partial charge on any atom is 0.238 e. The van der Waals surface area contributed by atoms with Gasteiger partial charge in [0.05, 0.1) is 22.1 Å². The average molecular weight is 796 g/mol. The first kappa shape index (κ1) is 35.2. The Morgan fingerprint density at radius 3 is 1.40 bits per heavy atom. The van der Waals surface area contributed by atoms with E-state index in [0.29, 0.717) is 17.6 Å². The van der Waals surface area contributed by atoms with Gasteiger partial charge in [-0.3, -0.25) is 4.57 Å². The Hall–Kier alpha value is -7.63. The van der Waals surface area contributed by atoms with Crippen molar-refractivity contribution in [3.63, 3.8) is 0 Å². The molecular weight excluding hydrogens is 755 g/mol. The van der Waals surface area contributed by atoms with Crippen LogP contribution in [0.25, 0.3) is 100 Å². The molecule has 0 N–H and O–H groups in total. The van der Waals surface area contributed by atoms with Gasteiger partial charge in [0.25, 0.3) is 0 Å². The van der Waals surface area contributed by atoms with Crippen molar-refractivity contribution < 1.29 is 0 Å². The monoisotopic (exact) mass is 795 g/mol. The van der Waals surface area contributed by atoms with Gasteiger partial charge in [0, 0.05) is 49.2 Å². The summed E-state index contributed by atoms with van der Waals surface area (Å²) in [6.45, 7) is 9.42. The van der Waals surface area contributed by atoms with Gasteiger partial charge >= 0.3 is 0 Å². The van der Waals surface area contributed by atoms with Gasteiger partial charge in [-0.1, -0.05) is 155 Å². The molecule has 2 aliphatic rings. The maximum atomic E-state index is 5.29. The van der Waals surface area contributed by atoms with Crippen molar-refractivity contribution in [3.8, 4) is 56.7 Å². The molecule has 13 rings (SSSR count). The highest BCUT2D eigenvalue weighted by atomic mass is 15.2. The van der Waals surface area contributed by atoms with Crippen molar-refractivity contribution in [2.75, 3.05) is 0 Å². The van der Waals surface area contributed by atoms with E-state index in [1.807, 2.05) is 36.4 Å². The molecule has 11 aromatic rings.